The molecule has 0 bridgehead atoms. The lowest BCUT2D eigenvalue weighted by Gasteiger charge is -2.37. The molecular weight excluding hydrogens is 570 g/mol. The summed E-state index contributed by atoms with van der Waals surface area (Å²) in [5.74, 6) is 0.286. The van der Waals surface area contributed by atoms with Gasteiger partial charge in [0.05, 0.1) is 35.5 Å². The predicted octanol–water partition coefficient (Wildman–Crippen LogP) is 6.05. The van der Waals surface area contributed by atoms with E-state index in [2.05, 4.69) is 66.0 Å². The molecule has 5 rings (SSSR count). The summed E-state index contributed by atoms with van der Waals surface area (Å²) in [6, 6.07) is 16.0. The number of amides is 2. The molecule has 2 aromatic carbocycles. The first kappa shape index (κ1) is 31.2. The largest absolute Gasteiger partial charge is 0.415 e. The predicted molar refractivity (Wildman–Crippen MR) is 177 cm³/mol. The van der Waals surface area contributed by atoms with Crippen LogP contribution in [-0.4, -0.2) is 50.4 Å². The molecule has 5 aromatic rings. The Hall–Kier alpha value is -4.22. The van der Waals surface area contributed by atoms with Gasteiger partial charge in [0.15, 0.2) is 8.32 Å². The third-order valence-corrected chi connectivity index (χ3v) is 13.4. The van der Waals surface area contributed by atoms with Crippen molar-refractivity contribution in [1.82, 2.24) is 23.7 Å². The average Bonchev–Trinajstić information content (AvgIpc) is 3.69. The molecule has 0 aliphatic rings. The van der Waals surface area contributed by atoms with Crippen molar-refractivity contribution in [3.05, 3.63) is 78.8 Å². The zero-order valence-corrected chi connectivity index (χ0v) is 27.5. The van der Waals surface area contributed by atoms with Crippen LogP contribution in [0, 0.1) is 0 Å². The third kappa shape index (κ3) is 6.79. The summed E-state index contributed by atoms with van der Waals surface area (Å²) in [6.07, 6.45) is 7.08. The second-order valence-corrected chi connectivity index (χ2v) is 17.8. The molecule has 2 amide bonds. The quantitative estimate of drug-likeness (QED) is 0.166. The minimum Gasteiger partial charge on any atom is -0.415 e. The van der Waals surface area contributed by atoms with Crippen LogP contribution in [-0.2, 0) is 29.2 Å². The number of carbonyl (C=O) groups is 2. The first-order valence-corrected chi connectivity index (χ1v) is 18.0. The van der Waals surface area contributed by atoms with Crippen LogP contribution in [0.25, 0.3) is 21.9 Å². The van der Waals surface area contributed by atoms with Gasteiger partial charge in [-0.15, -0.1) is 0 Å². The maximum atomic E-state index is 12.9. The van der Waals surface area contributed by atoms with E-state index in [1.54, 1.807) is 12.5 Å². The number of aromatic nitrogens is 5. The van der Waals surface area contributed by atoms with E-state index in [9.17, 15) is 9.59 Å². The minimum absolute atomic E-state index is 0.0344. The number of para-hydroxylation sites is 2. The Morgan fingerprint density at radius 1 is 1.09 bits per heavy atom. The zero-order chi connectivity index (χ0) is 31.6. The molecule has 10 nitrogen and oxygen atoms in total. The van der Waals surface area contributed by atoms with Gasteiger partial charge in [-0.3, -0.25) is 9.59 Å². The highest BCUT2D eigenvalue weighted by Crippen LogP contribution is 2.37. The number of rotatable bonds is 12. The number of nitrogens with one attached hydrogen (secondary N) is 1. The van der Waals surface area contributed by atoms with Crippen LogP contribution in [0.2, 0.25) is 18.1 Å². The fourth-order valence-corrected chi connectivity index (χ4v) is 6.16. The van der Waals surface area contributed by atoms with E-state index in [0.717, 1.165) is 39.9 Å². The van der Waals surface area contributed by atoms with Crippen LogP contribution in [0.5, 0.6) is 0 Å². The molecule has 3 aromatic heterocycles. The summed E-state index contributed by atoms with van der Waals surface area (Å²) in [6.45, 7) is 12.4. The molecule has 0 saturated heterocycles. The molecule has 232 valence electrons. The van der Waals surface area contributed by atoms with Crippen molar-refractivity contribution < 1.29 is 14.0 Å². The Balaban J connectivity index is 1.27. The van der Waals surface area contributed by atoms with Crippen LogP contribution in [0.15, 0.2) is 67.3 Å². The van der Waals surface area contributed by atoms with E-state index >= 15 is 0 Å². The van der Waals surface area contributed by atoms with Crippen molar-refractivity contribution in [2.24, 2.45) is 12.8 Å². The van der Waals surface area contributed by atoms with E-state index in [1.165, 1.54) is 0 Å². The highest BCUT2D eigenvalue weighted by molar-refractivity contribution is 6.74. The van der Waals surface area contributed by atoms with Gasteiger partial charge in [-0.2, -0.15) is 0 Å². The third-order valence-electron chi connectivity index (χ3n) is 8.93. The second-order valence-electron chi connectivity index (χ2n) is 13.0. The summed E-state index contributed by atoms with van der Waals surface area (Å²) >= 11 is 0. The van der Waals surface area contributed by atoms with E-state index in [1.807, 2.05) is 58.6 Å². The standard InChI is InChI=1S/C33H43N7O3Si/c1-33(2,3)44(5,6)43-21-25(40-20-27(32(34)42)35-22-40)16-18-39-17-15-23-11-12-24(19-29(23)39)36-31(41)14-13-30-37-26-9-7-8-10-28(26)38(30)4/h7-12,15,17,19-20,22,25H,13-14,16,18,21H2,1-6H3,(H2,34,42)(H,36,41). The van der Waals surface area contributed by atoms with E-state index in [-0.39, 0.29) is 22.7 Å². The molecule has 44 heavy (non-hydrogen) atoms. The fourth-order valence-electron chi connectivity index (χ4n) is 5.12. The number of nitrogens with two attached hydrogens (primary N) is 1. The Bertz CT molecular complexity index is 1790. The molecule has 0 radical (unpaired) electrons. The number of hydrogen-bond donors (Lipinski definition) is 2. The van der Waals surface area contributed by atoms with Crippen LogP contribution in [0.4, 0.5) is 5.69 Å². The van der Waals surface area contributed by atoms with E-state index in [0.29, 0.717) is 26.0 Å². The van der Waals surface area contributed by atoms with Gasteiger partial charge in [0, 0.05) is 44.5 Å². The smallest absolute Gasteiger partial charge is 0.268 e. The number of primary amides is 1. The lowest BCUT2D eigenvalue weighted by atomic mass is 10.2. The number of nitrogens with zero attached hydrogens (tertiary/aromatic N) is 5. The Morgan fingerprint density at radius 3 is 2.57 bits per heavy atom. The van der Waals surface area contributed by atoms with E-state index in [4.69, 9.17) is 10.2 Å². The molecule has 11 heteroatoms. The lowest BCUT2D eigenvalue weighted by molar-refractivity contribution is -0.116. The zero-order valence-electron chi connectivity index (χ0n) is 26.5. The van der Waals surface area contributed by atoms with Crippen molar-refractivity contribution in [3.8, 4) is 0 Å². The molecule has 0 aliphatic heterocycles. The fraction of sp³-hybridized carbons (Fsp3) is 0.394. The minimum atomic E-state index is -2.00. The topological polar surface area (TPSA) is 122 Å². The van der Waals surface area contributed by atoms with Gasteiger partial charge in [-0.1, -0.05) is 39.0 Å². The summed E-state index contributed by atoms with van der Waals surface area (Å²) < 4.78 is 12.8. The maximum Gasteiger partial charge on any atom is 0.268 e. The first-order valence-electron chi connectivity index (χ1n) is 15.1. The molecule has 1 atom stereocenters. The van der Waals surface area contributed by atoms with Crippen molar-refractivity contribution >= 4 is 47.8 Å². The Kier molecular flexibility index (Phi) is 8.80. The van der Waals surface area contributed by atoms with Gasteiger partial charge in [0.1, 0.15) is 11.5 Å². The van der Waals surface area contributed by atoms with Crippen LogP contribution < -0.4 is 11.1 Å². The highest BCUT2D eigenvalue weighted by atomic mass is 28.4. The van der Waals surface area contributed by atoms with Crippen LogP contribution >= 0.6 is 0 Å². The molecule has 1 unspecified atom stereocenters. The number of imidazole rings is 2. The number of fused-ring (bicyclic) bond motifs is 2. The Labute approximate surface area is 259 Å². The number of benzene rings is 2. The molecule has 0 saturated carbocycles. The molecule has 3 N–H and O–H groups in total. The van der Waals surface area contributed by atoms with Crippen LogP contribution in [0.3, 0.4) is 0 Å². The van der Waals surface area contributed by atoms with Gasteiger partial charge in [0.2, 0.25) is 5.91 Å². The molecule has 0 aliphatic carbocycles. The van der Waals surface area contributed by atoms with Gasteiger partial charge in [-0.25, -0.2) is 9.97 Å². The number of hydrogen-bond acceptors (Lipinski definition) is 5. The average molecular weight is 614 g/mol. The van der Waals surface area contributed by atoms with Gasteiger partial charge in [-0.05, 0) is 60.3 Å². The molecule has 0 spiro atoms. The monoisotopic (exact) mass is 613 g/mol. The molecule has 3 heterocycles. The number of carbonyl (C=O) groups excluding carboxylic acids is 2. The van der Waals surface area contributed by atoms with Crippen molar-refractivity contribution in [2.45, 2.75) is 70.8 Å². The van der Waals surface area contributed by atoms with Gasteiger partial charge < -0.3 is 29.2 Å². The molecular formula is C33H43N7O3Si. The summed E-state index contributed by atoms with van der Waals surface area (Å²) in [7, 11) is -0.0119. The second kappa shape index (κ2) is 12.4. The van der Waals surface area contributed by atoms with Crippen molar-refractivity contribution in [1.29, 1.82) is 0 Å². The Morgan fingerprint density at radius 2 is 1.86 bits per heavy atom. The molecule has 0 fully saturated rings. The maximum absolute atomic E-state index is 12.9. The van der Waals surface area contributed by atoms with Crippen molar-refractivity contribution in [2.75, 3.05) is 11.9 Å². The number of aryl methyl sites for hydroxylation is 3. The first-order chi connectivity index (χ1) is 20.8. The summed E-state index contributed by atoms with van der Waals surface area (Å²) in [5.41, 5.74) is 9.51. The van der Waals surface area contributed by atoms with Crippen LogP contribution in [0.1, 0.15) is 56.0 Å². The summed E-state index contributed by atoms with van der Waals surface area (Å²) in [4.78, 5) is 33.5. The number of anilines is 1. The lowest BCUT2D eigenvalue weighted by Crippen LogP contribution is -2.42. The SMILES string of the molecule is Cn1c(CCC(=O)Nc2ccc3ccn(CCC(CO[Si](C)(C)C(C)(C)C)n4cnc(C(N)=O)c4)c3c2)nc2ccccc21. The van der Waals surface area contributed by atoms with E-state index < -0.39 is 14.2 Å². The van der Waals surface area contributed by atoms with Gasteiger partial charge >= 0.3 is 0 Å². The summed E-state index contributed by atoms with van der Waals surface area (Å²) in [5, 5.41) is 4.24. The highest BCUT2D eigenvalue weighted by Gasteiger charge is 2.37. The van der Waals surface area contributed by atoms with Gasteiger partial charge in [0.25, 0.3) is 5.91 Å². The normalized spacial score (nSPS) is 13.0. The van der Waals surface area contributed by atoms with Crippen molar-refractivity contribution in [3.63, 3.8) is 0 Å².